The highest BCUT2D eigenvalue weighted by atomic mass is 16.5. The van der Waals surface area contributed by atoms with Gasteiger partial charge in [-0.15, -0.1) is 0 Å². The van der Waals surface area contributed by atoms with Gasteiger partial charge < -0.3 is 19.9 Å². The van der Waals surface area contributed by atoms with E-state index in [2.05, 4.69) is 15.2 Å². The summed E-state index contributed by atoms with van der Waals surface area (Å²) in [5, 5.41) is 13.6. The third-order valence-electron chi connectivity index (χ3n) is 4.55. The van der Waals surface area contributed by atoms with Gasteiger partial charge in [-0.25, -0.2) is 4.98 Å². The average Bonchev–Trinajstić information content (AvgIpc) is 2.70. The summed E-state index contributed by atoms with van der Waals surface area (Å²) in [5.74, 6) is 0.885. The number of benzene rings is 1. The van der Waals surface area contributed by atoms with E-state index in [1.165, 1.54) is 0 Å². The lowest BCUT2D eigenvalue weighted by Crippen LogP contribution is -2.37. The molecular formula is C20H27N3O3. The van der Waals surface area contributed by atoms with E-state index in [1.807, 2.05) is 30.3 Å². The first-order chi connectivity index (χ1) is 12.8. The molecular weight excluding hydrogens is 330 g/mol. The van der Waals surface area contributed by atoms with Gasteiger partial charge in [-0.3, -0.25) is 4.90 Å². The quantitative estimate of drug-likeness (QED) is 0.707. The largest absolute Gasteiger partial charge is 0.508 e. The molecule has 0 bridgehead atoms. The molecule has 1 fully saturated rings. The first kappa shape index (κ1) is 18.6. The molecule has 2 N–H and O–H groups in total. The Hall–Kier alpha value is -2.15. The molecule has 6 nitrogen and oxygen atoms in total. The maximum Gasteiger partial charge on any atom is 0.213 e. The molecule has 3 rings (SSSR count). The van der Waals surface area contributed by atoms with E-state index in [1.54, 1.807) is 13.2 Å². The summed E-state index contributed by atoms with van der Waals surface area (Å²) >= 11 is 0. The normalized spacial score (nSPS) is 15.1. The van der Waals surface area contributed by atoms with Gasteiger partial charge in [0, 0.05) is 36.8 Å². The van der Waals surface area contributed by atoms with Crippen LogP contribution < -0.4 is 10.1 Å². The number of hydrogen-bond donors (Lipinski definition) is 2. The summed E-state index contributed by atoms with van der Waals surface area (Å²) in [4.78, 5) is 6.88. The third-order valence-corrected chi connectivity index (χ3v) is 4.55. The Morgan fingerprint density at radius 1 is 1.23 bits per heavy atom. The Labute approximate surface area is 154 Å². The van der Waals surface area contributed by atoms with Crippen molar-refractivity contribution >= 4 is 0 Å². The second-order valence-electron chi connectivity index (χ2n) is 6.39. The molecule has 6 heteroatoms. The molecule has 1 aromatic heterocycles. The minimum atomic E-state index is 0.303. The number of aromatic hydroxyl groups is 1. The van der Waals surface area contributed by atoms with Crippen molar-refractivity contribution in [2.75, 3.05) is 46.5 Å². The maximum absolute atomic E-state index is 10.1. The van der Waals surface area contributed by atoms with Crippen molar-refractivity contribution in [3.63, 3.8) is 0 Å². The Morgan fingerprint density at radius 3 is 2.88 bits per heavy atom. The van der Waals surface area contributed by atoms with Gasteiger partial charge in [-0.05, 0) is 43.8 Å². The summed E-state index contributed by atoms with van der Waals surface area (Å²) in [7, 11) is 1.61. The van der Waals surface area contributed by atoms with Gasteiger partial charge in [-0.1, -0.05) is 6.07 Å². The number of ether oxygens (including phenoxy) is 2. The molecule has 2 heterocycles. The predicted octanol–water partition coefficient (Wildman–Crippen LogP) is 2.27. The number of nitrogens with one attached hydrogen (secondary N) is 1. The summed E-state index contributed by atoms with van der Waals surface area (Å²) in [5.41, 5.74) is 2.67. The van der Waals surface area contributed by atoms with Crippen LogP contribution in [-0.2, 0) is 11.3 Å². The van der Waals surface area contributed by atoms with E-state index in [-0.39, 0.29) is 0 Å². The van der Waals surface area contributed by atoms with E-state index in [9.17, 15) is 5.11 Å². The highest BCUT2D eigenvalue weighted by molar-refractivity contribution is 5.62. The Morgan fingerprint density at radius 2 is 2.08 bits per heavy atom. The molecule has 0 saturated carbocycles. The smallest absolute Gasteiger partial charge is 0.213 e. The topological polar surface area (TPSA) is 66.9 Å². The van der Waals surface area contributed by atoms with Gasteiger partial charge >= 0.3 is 0 Å². The molecule has 0 unspecified atom stereocenters. The van der Waals surface area contributed by atoms with E-state index in [0.29, 0.717) is 18.2 Å². The zero-order chi connectivity index (χ0) is 18.2. The molecule has 1 saturated heterocycles. The van der Waals surface area contributed by atoms with Gasteiger partial charge in [-0.2, -0.15) is 0 Å². The fraction of sp³-hybridized carbons (Fsp3) is 0.450. The summed E-state index contributed by atoms with van der Waals surface area (Å²) in [6.07, 6.45) is 1.08. The van der Waals surface area contributed by atoms with Gasteiger partial charge in [0.15, 0.2) is 0 Å². The van der Waals surface area contributed by atoms with Crippen LogP contribution in [0.25, 0.3) is 11.3 Å². The maximum atomic E-state index is 10.1. The highest BCUT2D eigenvalue weighted by Crippen LogP contribution is 2.26. The minimum absolute atomic E-state index is 0.303. The van der Waals surface area contributed by atoms with E-state index >= 15 is 0 Å². The van der Waals surface area contributed by atoms with Crippen molar-refractivity contribution in [1.82, 2.24) is 15.2 Å². The Bertz CT molecular complexity index is 702. The Kier molecular flexibility index (Phi) is 6.82. The molecule has 26 heavy (non-hydrogen) atoms. The fourth-order valence-electron chi connectivity index (χ4n) is 3.05. The van der Waals surface area contributed by atoms with Crippen molar-refractivity contribution < 1.29 is 14.6 Å². The monoisotopic (exact) mass is 357 g/mol. The first-order valence-corrected chi connectivity index (χ1v) is 9.10. The van der Waals surface area contributed by atoms with Crippen LogP contribution in [-0.4, -0.2) is 61.5 Å². The number of methoxy groups -OCH3 is 1. The lowest BCUT2D eigenvalue weighted by Gasteiger charge is -2.26. The second kappa shape index (κ2) is 9.52. The van der Waals surface area contributed by atoms with Crippen LogP contribution in [0.2, 0.25) is 0 Å². The van der Waals surface area contributed by atoms with Gasteiger partial charge in [0.25, 0.3) is 0 Å². The number of phenolic OH excluding ortho intramolecular Hbond substituents is 1. The minimum Gasteiger partial charge on any atom is -0.508 e. The van der Waals surface area contributed by atoms with Crippen LogP contribution in [0.3, 0.4) is 0 Å². The van der Waals surface area contributed by atoms with E-state index in [4.69, 9.17) is 9.47 Å². The summed E-state index contributed by atoms with van der Waals surface area (Å²) in [6, 6.07) is 11.2. The van der Waals surface area contributed by atoms with E-state index in [0.717, 1.165) is 62.6 Å². The fourth-order valence-corrected chi connectivity index (χ4v) is 3.05. The zero-order valence-corrected chi connectivity index (χ0v) is 15.3. The molecule has 140 valence electrons. The van der Waals surface area contributed by atoms with Crippen LogP contribution >= 0.6 is 0 Å². The van der Waals surface area contributed by atoms with Crippen LogP contribution in [0.4, 0.5) is 0 Å². The molecule has 0 radical (unpaired) electrons. The standard InChI is InChI=1S/C20H27N3O3/c1-25-20-5-2-4-18(22-20)16-6-7-19(24)17(14-16)15-21-8-3-9-23-10-12-26-13-11-23/h2,4-7,14,21,24H,3,8-13,15H2,1H3. The number of rotatable bonds is 8. The molecule has 1 aliphatic heterocycles. The van der Waals surface area contributed by atoms with E-state index < -0.39 is 0 Å². The number of aromatic nitrogens is 1. The van der Waals surface area contributed by atoms with Crippen LogP contribution in [0.15, 0.2) is 36.4 Å². The SMILES string of the molecule is COc1cccc(-c2ccc(O)c(CNCCCN3CCOCC3)c2)n1. The number of nitrogens with zero attached hydrogens (tertiary/aromatic N) is 2. The average molecular weight is 357 g/mol. The van der Waals surface area contributed by atoms with Crippen molar-refractivity contribution in [2.24, 2.45) is 0 Å². The number of pyridine rings is 1. The van der Waals surface area contributed by atoms with Crippen molar-refractivity contribution in [1.29, 1.82) is 0 Å². The molecule has 0 aliphatic carbocycles. The predicted molar refractivity (Wildman–Crippen MR) is 101 cm³/mol. The first-order valence-electron chi connectivity index (χ1n) is 9.10. The van der Waals surface area contributed by atoms with Crippen LogP contribution in [0, 0.1) is 0 Å². The molecule has 0 atom stereocenters. The Balaban J connectivity index is 1.52. The molecule has 1 aliphatic rings. The van der Waals surface area contributed by atoms with Crippen LogP contribution in [0.1, 0.15) is 12.0 Å². The van der Waals surface area contributed by atoms with Gasteiger partial charge in [0.05, 0.1) is 26.0 Å². The summed E-state index contributed by atoms with van der Waals surface area (Å²) in [6.45, 7) is 6.35. The number of phenols is 1. The molecule has 2 aromatic rings. The molecule has 1 aromatic carbocycles. The van der Waals surface area contributed by atoms with Crippen molar-refractivity contribution in [3.05, 3.63) is 42.0 Å². The van der Waals surface area contributed by atoms with Gasteiger partial charge in [0.1, 0.15) is 5.75 Å². The second-order valence-corrected chi connectivity index (χ2v) is 6.39. The lowest BCUT2D eigenvalue weighted by atomic mass is 10.1. The summed E-state index contributed by atoms with van der Waals surface area (Å²) < 4.78 is 10.5. The number of morpholine rings is 1. The molecule has 0 spiro atoms. The third kappa shape index (κ3) is 5.17. The molecule has 0 amide bonds. The van der Waals surface area contributed by atoms with Crippen LogP contribution in [0.5, 0.6) is 11.6 Å². The number of hydrogen-bond acceptors (Lipinski definition) is 6. The van der Waals surface area contributed by atoms with Crippen molar-refractivity contribution in [2.45, 2.75) is 13.0 Å². The zero-order valence-electron chi connectivity index (χ0n) is 15.3. The highest BCUT2D eigenvalue weighted by Gasteiger charge is 2.10. The van der Waals surface area contributed by atoms with Gasteiger partial charge in [0.2, 0.25) is 5.88 Å². The lowest BCUT2D eigenvalue weighted by molar-refractivity contribution is 0.0374. The van der Waals surface area contributed by atoms with Crippen molar-refractivity contribution in [3.8, 4) is 22.9 Å².